The second-order valence-corrected chi connectivity index (χ2v) is 6.15. The third kappa shape index (κ3) is 3.33. The third-order valence-electron chi connectivity index (χ3n) is 4.27. The Morgan fingerprint density at radius 1 is 1.10 bits per heavy atom. The summed E-state index contributed by atoms with van der Waals surface area (Å²) in [5.74, 6) is 0.663. The molecular weight excluding hydrogens is 261 g/mol. The number of aryl methyl sites for hydroxylation is 2. The first-order valence-electron chi connectivity index (χ1n) is 7.69. The smallest absolute Gasteiger partial charge is 0.129 e. The van der Waals surface area contributed by atoms with Crippen molar-refractivity contribution < 1.29 is 4.39 Å². The highest BCUT2D eigenvalue weighted by Gasteiger charge is 2.31. The Kier molecular flexibility index (Phi) is 4.07. The second-order valence-electron chi connectivity index (χ2n) is 6.15. The van der Waals surface area contributed by atoms with Crippen LogP contribution in [0.3, 0.4) is 0 Å². The molecular formula is C19H22FN. The molecule has 1 saturated carbocycles. The lowest BCUT2D eigenvalue weighted by molar-refractivity contribution is 0.479. The SMILES string of the molecule is Cc1cc(CNC(c2ccccc2)C2CC2)cc(C)c1F. The Bertz CT molecular complexity index is 594. The highest BCUT2D eigenvalue weighted by Crippen LogP contribution is 2.41. The average molecular weight is 283 g/mol. The molecule has 0 bridgehead atoms. The van der Waals surface area contributed by atoms with Gasteiger partial charge in [-0.2, -0.15) is 0 Å². The van der Waals surface area contributed by atoms with Crippen molar-refractivity contribution in [1.82, 2.24) is 5.32 Å². The lowest BCUT2D eigenvalue weighted by Gasteiger charge is -2.19. The topological polar surface area (TPSA) is 12.0 Å². The number of hydrogen-bond donors (Lipinski definition) is 1. The summed E-state index contributed by atoms with van der Waals surface area (Å²) in [6, 6.07) is 14.9. The predicted octanol–water partition coefficient (Wildman–Crippen LogP) is 4.68. The lowest BCUT2D eigenvalue weighted by atomic mass is 10.0. The molecule has 1 nitrogen and oxygen atoms in total. The molecule has 0 saturated heterocycles. The van der Waals surface area contributed by atoms with Crippen molar-refractivity contribution in [2.24, 2.45) is 5.92 Å². The fourth-order valence-corrected chi connectivity index (χ4v) is 3.01. The van der Waals surface area contributed by atoms with Crippen LogP contribution in [0.5, 0.6) is 0 Å². The molecule has 2 aromatic rings. The Morgan fingerprint density at radius 3 is 2.29 bits per heavy atom. The lowest BCUT2D eigenvalue weighted by Crippen LogP contribution is -2.22. The van der Waals surface area contributed by atoms with Crippen LogP contribution in [0.4, 0.5) is 4.39 Å². The van der Waals surface area contributed by atoms with Crippen LogP contribution in [0.2, 0.25) is 0 Å². The van der Waals surface area contributed by atoms with E-state index in [1.54, 1.807) is 0 Å². The zero-order chi connectivity index (χ0) is 14.8. The van der Waals surface area contributed by atoms with Crippen LogP contribution in [0, 0.1) is 25.6 Å². The molecule has 1 aliphatic rings. The van der Waals surface area contributed by atoms with Gasteiger partial charge in [-0.15, -0.1) is 0 Å². The van der Waals surface area contributed by atoms with Crippen molar-refractivity contribution in [2.45, 2.75) is 39.3 Å². The average Bonchev–Trinajstić information content (AvgIpc) is 3.31. The van der Waals surface area contributed by atoms with Gasteiger partial charge in [0.25, 0.3) is 0 Å². The fraction of sp³-hybridized carbons (Fsp3) is 0.368. The second kappa shape index (κ2) is 5.98. The molecule has 0 aromatic heterocycles. The highest BCUT2D eigenvalue weighted by atomic mass is 19.1. The Hall–Kier alpha value is -1.67. The summed E-state index contributed by atoms with van der Waals surface area (Å²) in [6.45, 7) is 4.46. The van der Waals surface area contributed by atoms with Crippen molar-refractivity contribution in [3.63, 3.8) is 0 Å². The van der Waals surface area contributed by atoms with Crippen molar-refractivity contribution in [1.29, 1.82) is 0 Å². The number of halogens is 1. The largest absolute Gasteiger partial charge is 0.306 e. The van der Waals surface area contributed by atoms with E-state index in [4.69, 9.17) is 0 Å². The van der Waals surface area contributed by atoms with Gasteiger partial charge in [-0.3, -0.25) is 0 Å². The van der Waals surface area contributed by atoms with Crippen LogP contribution in [0.1, 0.15) is 41.1 Å². The van der Waals surface area contributed by atoms with Gasteiger partial charge in [0.05, 0.1) is 0 Å². The predicted molar refractivity (Wildman–Crippen MR) is 84.6 cm³/mol. The quantitative estimate of drug-likeness (QED) is 0.840. The molecule has 0 radical (unpaired) electrons. The molecule has 110 valence electrons. The van der Waals surface area contributed by atoms with Crippen molar-refractivity contribution in [2.75, 3.05) is 0 Å². The summed E-state index contributed by atoms with van der Waals surface area (Å²) in [4.78, 5) is 0. The summed E-state index contributed by atoms with van der Waals surface area (Å²) in [5, 5.41) is 3.67. The standard InChI is InChI=1S/C19H22FN/c1-13-10-15(11-14(2)18(13)20)12-21-19(17-8-9-17)16-6-4-3-5-7-16/h3-7,10-11,17,19,21H,8-9,12H2,1-2H3. The molecule has 0 heterocycles. The van der Waals surface area contributed by atoms with Crippen LogP contribution < -0.4 is 5.32 Å². The molecule has 2 heteroatoms. The van der Waals surface area contributed by atoms with Crippen LogP contribution in [-0.4, -0.2) is 0 Å². The van der Waals surface area contributed by atoms with Crippen molar-refractivity contribution in [3.8, 4) is 0 Å². The summed E-state index contributed by atoms with van der Waals surface area (Å²) in [5.41, 5.74) is 3.98. The molecule has 1 fully saturated rings. The van der Waals surface area contributed by atoms with Gasteiger partial charge in [0.2, 0.25) is 0 Å². The summed E-state index contributed by atoms with van der Waals surface area (Å²) in [7, 11) is 0. The molecule has 1 atom stereocenters. The Labute approximate surface area is 126 Å². The van der Waals surface area contributed by atoms with Gasteiger partial charge in [0, 0.05) is 12.6 Å². The van der Waals surface area contributed by atoms with Crippen molar-refractivity contribution >= 4 is 0 Å². The zero-order valence-electron chi connectivity index (χ0n) is 12.7. The normalized spacial score (nSPS) is 16.0. The van der Waals surface area contributed by atoms with E-state index in [-0.39, 0.29) is 5.82 Å². The molecule has 2 aromatic carbocycles. The van der Waals surface area contributed by atoms with E-state index in [1.807, 2.05) is 26.0 Å². The van der Waals surface area contributed by atoms with Crippen LogP contribution in [-0.2, 0) is 6.54 Å². The van der Waals surface area contributed by atoms with Gasteiger partial charge in [-0.25, -0.2) is 4.39 Å². The van der Waals surface area contributed by atoms with E-state index in [9.17, 15) is 4.39 Å². The van der Waals surface area contributed by atoms with Crippen molar-refractivity contribution in [3.05, 3.63) is 70.5 Å². The first-order valence-corrected chi connectivity index (χ1v) is 7.69. The molecule has 1 unspecified atom stereocenters. The highest BCUT2D eigenvalue weighted by molar-refractivity contribution is 5.30. The van der Waals surface area contributed by atoms with E-state index in [0.29, 0.717) is 6.04 Å². The summed E-state index contributed by atoms with van der Waals surface area (Å²) >= 11 is 0. The molecule has 0 amide bonds. The zero-order valence-corrected chi connectivity index (χ0v) is 12.7. The minimum Gasteiger partial charge on any atom is -0.306 e. The van der Waals surface area contributed by atoms with Gasteiger partial charge < -0.3 is 5.32 Å². The van der Waals surface area contributed by atoms with E-state index in [2.05, 4.69) is 35.6 Å². The van der Waals surface area contributed by atoms with E-state index < -0.39 is 0 Å². The monoisotopic (exact) mass is 283 g/mol. The van der Waals surface area contributed by atoms with Crippen LogP contribution in [0.15, 0.2) is 42.5 Å². The third-order valence-corrected chi connectivity index (χ3v) is 4.27. The van der Waals surface area contributed by atoms with Gasteiger partial charge in [-0.05, 0) is 54.9 Å². The fourth-order valence-electron chi connectivity index (χ4n) is 3.01. The van der Waals surface area contributed by atoms with Gasteiger partial charge in [0.1, 0.15) is 5.82 Å². The minimum atomic E-state index is -0.0828. The molecule has 1 aliphatic carbocycles. The Balaban J connectivity index is 1.73. The van der Waals surface area contributed by atoms with Gasteiger partial charge in [0.15, 0.2) is 0 Å². The molecule has 0 aliphatic heterocycles. The molecule has 1 N–H and O–H groups in total. The van der Waals surface area contributed by atoms with E-state index >= 15 is 0 Å². The first kappa shape index (κ1) is 14.3. The number of hydrogen-bond acceptors (Lipinski definition) is 1. The number of nitrogens with one attached hydrogen (secondary N) is 1. The van der Waals surface area contributed by atoms with Gasteiger partial charge in [-0.1, -0.05) is 42.5 Å². The molecule has 21 heavy (non-hydrogen) atoms. The number of rotatable bonds is 5. The molecule has 3 rings (SSSR count). The maximum Gasteiger partial charge on any atom is 0.129 e. The maximum atomic E-state index is 13.7. The van der Waals surface area contributed by atoms with Crippen LogP contribution in [0.25, 0.3) is 0 Å². The summed E-state index contributed by atoms with van der Waals surface area (Å²) < 4.78 is 13.7. The van der Waals surface area contributed by atoms with Crippen LogP contribution >= 0.6 is 0 Å². The summed E-state index contributed by atoms with van der Waals surface area (Å²) in [6.07, 6.45) is 2.60. The molecule has 0 spiro atoms. The Morgan fingerprint density at radius 2 is 1.71 bits per heavy atom. The minimum absolute atomic E-state index is 0.0828. The first-order chi connectivity index (χ1) is 10.1. The van der Waals surface area contributed by atoms with Gasteiger partial charge >= 0.3 is 0 Å². The van der Waals surface area contributed by atoms with E-state index in [0.717, 1.165) is 29.2 Å². The van der Waals surface area contributed by atoms with E-state index in [1.165, 1.54) is 18.4 Å². The maximum absolute atomic E-state index is 13.7. The number of benzene rings is 2.